The fraction of sp³-hybridized carbons (Fsp3) is 0.364. The number of nitrogens with one attached hydrogen (secondary N) is 1. The highest BCUT2D eigenvalue weighted by molar-refractivity contribution is 9.10. The van der Waals surface area contributed by atoms with E-state index in [1.807, 2.05) is 19.1 Å². The van der Waals surface area contributed by atoms with Gasteiger partial charge in [0, 0.05) is 17.1 Å². The highest BCUT2D eigenvalue weighted by Crippen LogP contribution is 2.15. The van der Waals surface area contributed by atoms with Crippen molar-refractivity contribution >= 4 is 21.8 Å². The minimum Gasteiger partial charge on any atom is -0.382 e. The summed E-state index contributed by atoms with van der Waals surface area (Å²) in [6.07, 6.45) is 0. The smallest absolute Gasteiger partial charge is 0.275 e. The van der Waals surface area contributed by atoms with Gasteiger partial charge in [-0.3, -0.25) is 9.63 Å². The van der Waals surface area contributed by atoms with Gasteiger partial charge in [-0.05, 0) is 30.7 Å². The number of benzene rings is 1. The number of carbonyl (C=O) groups excluding carboxylic acids is 1. The van der Waals surface area contributed by atoms with Gasteiger partial charge in [0.25, 0.3) is 5.91 Å². The van der Waals surface area contributed by atoms with E-state index >= 15 is 0 Å². The van der Waals surface area contributed by atoms with Gasteiger partial charge < -0.3 is 4.74 Å². The molecule has 0 heterocycles. The van der Waals surface area contributed by atoms with Crippen molar-refractivity contribution in [2.75, 3.05) is 20.3 Å². The van der Waals surface area contributed by atoms with Crippen LogP contribution in [0.1, 0.15) is 15.9 Å². The summed E-state index contributed by atoms with van der Waals surface area (Å²) in [4.78, 5) is 16.6. The number of halogens is 1. The Balaban J connectivity index is 2.53. The van der Waals surface area contributed by atoms with Gasteiger partial charge in [0.05, 0.1) is 13.2 Å². The van der Waals surface area contributed by atoms with Crippen molar-refractivity contribution in [3.63, 3.8) is 0 Å². The molecule has 0 atom stereocenters. The first-order valence-electron chi connectivity index (χ1n) is 4.82. The van der Waals surface area contributed by atoms with Crippen LogP contribution >= 0.6 is 15.9 Å². The molecule has 0 aliphatic heterocycles. The predicted octanol–water partition coefficient (Wildman–Crippen LogP) is 2.07. The number of amides is 1. The molecule has 88 valence electrons. The van der Waals surface area contributed by atoms with Crippen molar-refractivity contribution in [1.82, 2.24) is 5.48 Å². The average Bonchev–Trinajstić information content (AvgIpc) is 2.24. The lowest BCUT2D eigenvalue weighted by molar-refractivity contribution is 0.00885. The second-order valence-electron chi connectivity index (χ2n) is 3.23. The number of hydrogen-bond acceptors (Lipinski definition) is 3. The maximum absolute atomic E-state index is 11.6. The summed E-state index contributed by atoms with van der Waals surface area (Å²) < 4.78 is 5.73. The van der Waals surface area contributed by atoms with Crippen LogP contribution in [0.15, 0.2) is 22.7 Å². The summed E-state index contributed by atoms with van der Waals surface area (Å²) in [6, 6.07) is 5.44. The first-order valence-corrected chi connectivity index (χ1v) is 5.61. The lowest BCUT2D eigenvalue weighted by Crippen LogP contribution is -2.26. The molecule has 1 aromatic carbocycles. The van der Waals surface area contributed by atoms with Crippen molar-refractivity contribution in [3.05, 3.63) is 33.8 Å². The first kappa shape index (κ1) is 13.2. The number of rotatable bonds is 5. The van der Waals surface area contributed by atoms with E-state index in [4.69, 9.17) is 9.57 Å². The Morgan fingerprint density at radius 1 is 1.44 bits per heavy atom. The third-order valence-corrected chi connectivity index (χ3v) is 2.48. The number of carbonyl (C=O) groups is 1. The Hall–Kier alpha value is -0.910. The molecule has 0 aromatic heterocycles. The zero-order valence-electron chi connectivity index (χ0n) is 9.25. The number of methoxy groups -OCH3 is 1. The van der Waals surface area contributed by atoms with Crippen molar-refractivity contribution < 1.29 is 14.4 Å². The molecule has 0 saturated carbocycles. The van der Waals surface area contributed by atoms with Gasteiger partial charge >= 0.3 is 0 Å². The minimum absolute atomic E-state index is 0.249. The number of aryl methyl sites for hydroxylation is 1. The Bertz CT molecular complexity index is 368. The molecule has 0 radical (unpaired) electrons. The molecule has 0 bridgehead atoms. The predicted molar refractivity (Wildman–Crippen MR) is 64.2 cm³/mol. The van der Waals surface area contributed by atoms with Gasteiger partial charge in [0.15, 0.2) is 0 Å². The third kappa shape index (κ3) is 3.92. The van der Waals surface area contributed by atoms with Gasteiger partial charge in [-0.1, -0.05) is 15.9 Å². The minimum atomic E-state index is -0.249. The molecule has 16 heavy (non-hydrogen) atoms. The molecule has 1 N–H and O–H groups in total. The SMILES string of the molecule is COCCONC(=O)c1ccc(Br)cc1C. The average molecular weight is 288 g/mol. The van der Waals surface area contributed by atoms with Crippen molar-refractivity contribution in [3.8, 4) is 0 Å². The molecule has 4 nitrogen and oxygen atoms in total. The monoisotopic (exact) mass is 287 g/mol. The van der Waals surface area contributed by atoms with Crippen molar-refractivity contribution in [2.45, 2.75) is 6.92 Å². The van der Waals surface area contributed by atoms with Crippen LogP contribution in [0.25, 0.3) is 0 Å². The number of ether oxygens (including phenoxy) is 1. The largest absolute Gasteiger partial charge is 0.382 e. The van der Waals surface area contributed by atoms with Gasteiger partial charge in [-0.15, -0.1) is 0 Å². The summed E-state index contributed by atoms with van der Waals surface area (Å²) in [7, 11) is 1.57. The second kappa shape index (κ2) is 6.62. The molecule has 0 unspecified atom stereocenters. The number of hydrogen-bond donors (Lipinski definition) is 1. The topological polar surface area (TPSA) is 47.6 Å². The summed E-state index contributed by atoms with van der Waals surface area (Å²) in [5.74, 6) is -0.249. The third-order valence-electron chi connectivity index (χ3n) is 1.99. The molecule has 1 amide bonds. The molecule has 1 aromatic rings. The summed E-state index contributed by atoms with van der Waals surface area (Å²) in [6.45, 7) is 2.65. The van der Waals surface area contributed by atoms with E-state index in [2.05, 4.69) is 21.4 Å². The zero-order valence-corrected chi connectivity index (χ0v) is 10.8. The Morgan fingerprint density at radius 2 is 2.19 bits per heavy atom. The standard InChI is InChI=1S/C11H14BrNO3/c1-8-7-9(12)3-4-10(8)11(14)13-16-6-5-15-2/h3-4,7H,5-6H2,1-2H3,(H,13,14). The van der Waals surface area contributed by atoms with Crippen LogP contribution in [0, 0.1) is 6.92 Å². The van der Waals surface area contributed by atoms with Crippen LogP contribution in [-0.2, 0) is 9.57 Å². The van der Waals surface area contributed by atoms with Crippen LogP contribution in [-0.4, -0.2) is 26.2 Å². The summed E-state index contributed by atoms with van der Waals surface area (Å²) >= 11 is 3.34. The van der Waals surface area contributed by atoms with E-state index in [1.165, 1.54) is 0 Å². The molecular formula is C11H14BrNO3. The second-order valence-corrected chi connectivity index (χ2v) is 4.15. The lowest BCUT2D eigenvalue weighted by atomic mass is 10.1. The van der Waals surface area contributed by atoms with Gasteiger partial charge in [0.1, 0.15) is 0 Å². The molecule has 0 aliphatic rings. The fourth-order valence-corrected chi connectivity index (χ4v) is 1.65. The molecule has 0 aliphatic carbocycles. The Kier molecular flexibility index (Phi) is 5.45. The molecule has 0 spiro atoms. The Labute approximate surface area is 103 Å². The molecule has 5 heteroatoms. The highest BCUT2D eigenvalue weighted by Gasteiger charge is 2.08. The molecule has 0 fully saturated rings. The number of hydroxylamine groups is 1. The van der Waals surface area contributed by atoms with Crippen molar-refractivity contribution in [2.24, 2.45) is 0 Å². The van der Waals surface area contributed by atoms with Crippen LogP contribution in [0.3, 0.4) is 0 Å². The zero-order chi connectivity index (χ0) is 12.0. The molecular weight excluding hydrogens is 274 g/mol. The van der Waals surface area contributed by atoms with Crippen LogP contribution in [0.4, 0.5) is 0 Å². The lowest BCUT2D eigenvalue weighted by Gasteiger charge is -2.07. The highest BCUT2D eigenvalue weighted by atomic mass is 79.9. The van der Waals surface area contributed by atoms with E-state index < -0.39 is 0 Å². The van der Waals surface area contributed by atoms with Crippen LogP contribution in [0.5, 0.6) is 0 Å². The Morgan fingerprint density at radius 3 is 2.81 bits per heavy atom. The summed E-state index contributed by atoms with van der Waals surface area (Å²) in [5, 5.41) is 0. The molecule has 1 rings (SSSR count). The normalized spacial score (nSPS) is 10.2. The van der Waals surface area contributed by atoms with E-state index in [9.17, 15) is 4.79 Å². The maximum atomic E-state index is 11.6. The van der Waals surface area contributed by atoms with E-state index in [1.54, 1.807) is 13.2 Å². The maximum Gasteiger partial charge on any atom is 0.275 e. The molecule has 0 saturated heterocycles. The van der Waals surface area contributed by atoms with E-state index in [-0.39, 0.29) is 5.91 Å². The first-order chi connectivity index (χ1) is 7.65. The van der Waals surface area contributed by atoms with Crippen molar-refractivity contribution in [1.29, 1.82) is 0 Å². The summed E-state index contributed by atoms with van der Waals surface area (Å²) in [5.41, 5.74) is 3.85. The fourth-order valence-electron chi connectivity index (χ4n) is 1.18. The van der Waals surface area contributed by atoms with Gasteiger partial charge in [-0.2, -0.15) is 0 Å². The quantitative estimate of drug-likeness (QED) is 0.666. The van der Waals surface area contributed by atoms with Gasteiger partial charge in [-0.25, -0.2) is 5.48 Å². The van der Waals surface area contributed by atoms with Gasteiger partial charge in [0.2, 0.25) is 0 Å². The van der Waals surface area contributed by atoms with Crippen LogP contribution in [0.2, 0.25) is 0 Å². The van der Waals surface area contributed by atoms with E-state index in [0.717, 1.165) is 10.0 Å². The van der Waals surface area contributed by atoms with Crippen LogP contribution < -0.4 is 5.48 Å². The van der Waals surface area contributed by atoms with E-state index in [0.29, 0.717) is 18.8 Å².